The normalized spacial score (nSPS) is 20.3. The van der Waals surface area contributed by atoms with Crippen LogP contribution >= 0.6 is 11.6 Å². The third-order valence-corrected chi connectivity index (χ3v) is 9.03. The number of carbonyl (C=O) groups is 1. The zero-order valence-electron chi connectivity index (χ0n) is 25.4. The summed E-state index contributed by atoms with van der Waals surface area (Å²) in [5, 5.41) is 2.29. The highest BCUT2D eigenvalue weighted by atomic mass is 35.5. The van der Waals surface area contributed by atoms with Crippen LogP contribution in [0.5, 0.6) is 6.01 Å². The van der Waals surface area contributed by atoms with Gasteiger partial charge in [-0.2, -0.15) is 9.97 Å². The second-order valence-corrected chi connectivity index (χ2v) is 11.9. The van der Waals surface area contributed by atoms with Gasteiger partial charge in [-0.15, -0.1) is 0 Å². The highest BCUT2D eigenvalue weighted by Gasteiger charge is 2.36. The Morgan fingerprint density at radius 3 is 2.67 bits per heavy atom. The Morgan fingerprint density at radius 1 is 1.17 bits per heavy atom. The lowest BCUT2D eigenvalue weighted by atomic mass is 10.0. The lowest BCUT2D eigenvalue weighted by Crippen LogP contribution is -2.56. The molecule has 2 aliphatic rings. The number of benzene rings is 2. The van der Waals surface area contributed by atoms with E-state index in [0.717, 1.165) is 18.4 Å². The molecule has 2 saturated heterocycles. The van der Waals surface area contributed by atoms with E-state index in [4.69, 9.17) is 32.6 Å². The van der Waals surface area contributed by atoms with Crippen molar-refractivity contribution in [3.63, 3.8) is 0 Å². The highest BCUT2D eigenvalue weighted by molar-refractivity contribution is 6.36. The van der Waals surface area contributed by atoms with E-state index < -0.39 is 23.6 Å². The fraction of sp³-hybridized carbons (Fsp3) is 0.364. The van der Waals surface area contributed by atoms with Crippen LogP contribution in [0.3, 0.4) is 0 Å². The lowest BCUT2D eigenvalue weighted by Gasteiger charge is -2.39. The molecule has 3 atom stereocenters. The van der Waals surface area contributed by atoms with E-state index in [1.54, 1.807) is 19.2 Å². The molecule has 0 spiro atoms. The van der Waals surface area contributed by atoms with Crippen molar-refractivity contribution in [2.24, 2.45) is 0 Å². The summed E-state index contributed by atoms with van der Waals surface area (Å²) in [5.41, 5.74) is 0.586. The molecule has 0 aliphatic carbocycles. The maximum atomic E-state index is 16.7. The van der Waals surface area contributed by atoms with Gasteiger partial charge in [0, 0.05) is 61.5 Å². The van der Waals surface area contributed by atoms with E-state index in [9.17, 15) is 9.18 Å². The molecule has 46 heavy (non-hydrogen) atoms. The minimum absolute atomic E-state index is 0.000900. The van der Waals surface area contributed by atoms with Gasteiger partial charge < -0.3 is 24.1 Å². The quantitative estimate of drug-likeness (QED) is 0.192. The van der Waals surface area contributed by atoms with Crippen molar-refractivity contribution in [1.29, 1.82) is 0 Å². The van der Waals surface area contributed by atoms with Crippen molar-refractivity contribution in [1.82, 2.24) is 24.8 Å². The van der Waals surface area contributed by atoms with E-state index in [1.165, 1.54) is 11.1 Å². The number of hydrogen-bond acceptors (Lipinski definition) is 8. The minimum Gasteiger partial charge on any atom is -0.462 e. The van der Waals surface area contributed by atoms with Gasteiger partial charge in [-0.25, -0.2) is 15.4 Å². The molecule has 4 heterocycles. The van der Waals surface area contributed by atoms with Crippen LogP contribution in [0.1, 0.15) is 6.42 Å². The number of hydrogen-bond donors (Lipinski definition) is 0. The van der Waals surface area contributed by atoms with Crippen molar-refractivity contribution in [2.75, 3.05) is 58.4 Å². The van der Waals surface area contributed by atoms with Crippen LogP contribution in [-0.4, -0.2) is 102 Å². The number of piperazine rings is 1. The summed E-state index contributed by atoms with van der Waals surface area (Å²) in [6.07, 6.45) is 2.34. The van der Waals surface area contributed by atoms with Crippen molar-refractivity contribution in [3.05, 3.63) is 77.3 Å². The van der Waals surface area contributed by atoms with Gasteiger partial charge in [0.2, 0.25) is 6.54 Å². The molecule has 1 amide bonds. The second kappa shape index (κ2) is 13.1. The van der Waals surface area contributed by atoms with E-state index in [2.05, 4.69) is 26.3 Å². The van der Waals surface area contributed by atoms with Gasteiger partial charge in [0.15, 0.2) is 11.6 Å². The number of carbonyl (C=O) groups excluding carboxylic acids is 1. The van der Waals surface area contributed by atoms with Crippen molar-refractivity contribution < 1.29 is 23.0 Å². The molecular weight excluding hydrogens is 616 g/mol. The van der Waals surface area contributed by atoms with E-state index in [-0.39, 0.29) is 62.2 Å². The Hall–Kier alpha value is -4.44. The Labute approximate surface area is 270 Å². The lowest BCUT2D eigenvalue weighted by molar-refractivity contribution is -0.131. The number of ether oxygens (including phenoxy) is 2. The van der Waals surface area contributed by atoms with Gasteiger partial charge in [0.1, 0.15) is 29.7 Å². The van der Waals surface area contributed by atoms with Gasteiger partial charge in [0.25, 0.3) is 5.91 Å². The largest absolute Gasteiger partial charge is 0.462 e. The average Bonchev–Trinajstić information content (AvgIpc) is 3.42. The summed E-state index contributed by atoms with van der Waals surface area (Å²) in [4.78, 5) is 35.0. The molecule has 13 heteroatoms. The first-order chi connectivity index (χ1) is 22.2. The Balaban J connectivity index is 1.44. The third kappa shape index (κ3) is 5.93. The molecule has 0 saturated carbocycles. The predicted molar refractivity (Wildman–Crippen MR) is 172 cm³/mol. The van der Waals surface area contributed by atoms with Crippen LogP contribution in [0.25, 0.3) is 37.8 Å². The fourth-order valence-corrected chi connectivity index (χ4v) is 6.59. The highest BCUT2D eigenvalue weighted by Crippen LogP contribution is 2.37. The topological polar surface area (TPSA) is 88.3 Å². The van der Waals surface area contributed by atoms with Crippen LogP contribution < -0.4 is 9.64 Å². The van der Waals surface area contributed by atoms with Gasteiger partial charge in [-0.05, 0) is 24.9 Å². The monoisotopic (exact) mass is 647 g/mol. The van der Waals surface area contributed by atoms with E-state index in [1.807, 2.05) is 36.2 Å². The van der Waals surface area contributed by atoms with Crippen LogP contribution in [0, 0.1) is 12.4 Å². The van der Waals surface area contributed by atoms with Gasteiger partial charge in [-0.1, -0.05) is 48.5 Å². The number of pyridine rings is 1. The molecule has 238 valence electrons. The molecule has 0 bridgehead atoms. The maximum absolute atomic E-state index is 16.7. The van der Waals surface area contributed by atoms with Crippen molar-refractivity contribution in [3.8, 4) is 17.3 Å². The Morgan fingerprint density at radius 2 is 1.96 bits per heavy atom. The number of methoxy groups -OCH3 is 1. The molecule has 0 radical (unpaired) electrons. The van der Waals surface area contributed by atoms with Crippen molar-refractivity contribution >= 4 is 45.0 Å². The summed E-state index contributed by atoms with van der Waals surface area (Å²) < 4.78 is 42.1. The smallest absolute Gasteiger partial charge is 0.319 e. The number of likely N-dealkylation sites (N-methyl/N-ethyl adjacent to an activating group) is 1. The van der Waals surface area contributed by atoms with Gasteiger partial charge in [-0.3, -0.25) is 14.7 Å². The van der Waals surface area contributed by atoms with Gasteiger partial charge >= 0.3 is 6.01 Å². The summed E-state index contributed by atoms with van der Waals surface area (Å²) in [7, 11) is 3.66. The number of amides is 1. The minimum atomic E-state index is -1.09. The maximum Gasteiger partial charge on any atom is 0.319 e. The molecule has 6 rings (SSSR count). The second-order valence-electron chi connectivity index (χ2n) is 11.5. The number of nitrogens with zero attached hydrogens (tertiary/aromatic N) is 7. The molecule has 10 nitrogen and oxygen atoms in total. The molecular formula is C33H32ClF2N7O3. The molecule has 0 unspecified atom stereocenters. The molecule has 2 fully saturated rings. The van der Waals surface area contributed by atoms with Crippen LogP contribution in [-0.2, 0) is 9.53 Å². The summed E-state index contributed by atoms with van der Waals surface area (Å²) in [6.45, 7) is 12.0. The van der Waals surface area contributed by atoms with E-state index >= 15 is 4.39 Å². The zero-order chi connectivity index (χ0) is 32.5. The first-order valence-electron chi connectivity index (χ1n) is 14.8. The molecule has 4 aromatic rings. The van der Waals surface area contributed by atoms with Crippen molar-refractivity contribution in [2.45, 2.75) is 24.6 Å². The first kappa shape index (κ1) is 31.5. The summed E-state index contributed by atoms with van der Waals surface area (Å²) in [6, 6.07) is 10.3. The van der Waals surface area contributed by atoms with Crippen LogP contribution in [0.15, 0.2) is 55.0 Å². The Bertz CT molecular complexity index is 1860. The molecule has 2 aliphatic heterocycles. The number of aromatic nitrogens is 3. The standard InChI is InChI=1S/C33H32ClF2N7O3/c1-19(35)32(44)43-12-11-42(16-22(43)14-37-2)31-25-15-38-29(24-9-5-7-20-8-6-10-26(34)27(20)24)28(36)30(25)39-33(40-31)46-18-21-13-23(45-4)17-41(21)3/h5-10,15,21-23H,1,11-14,16-18H2,3-4H3/t21-,22-,23+/m0/s1. The van der Waals surface area contributed by atoms with Crippen LogP contribution in [0.2, 0.25) is 5.02 Å². The number of likely N-dealkylation sites (tertiary alicyclic amines) is 1. The Kier molecular flexibility index (Phi) is 8.99. The molecule has 2 aromatic carbocycles. The van der Waals surface area contributed by atoms with Crippen LogP contribution in [0.4, 0.5) is 14.6 Å². The molecule has 2 aromatic heterocycles. The fourth-order valence-electron chi connectivity index (χ4n) is 6.31. The summed E-state index contributed by atoms with van der Waals surface area (Å²) in [5.74, 6) is -2.28. The number of anilines is 1. The number of fused-ring (bicyclic) bond motifs is 2. The molecule has 0 N–H and O–H groups in total. The third-order valence-electron chi connectivity index (χ3n) is 8.72. The summed E-state index contributed by atoms with van der Waals surface area (Å²) >= 11 is 6.57. The zero-order valence-corrected chi connectivity index (χ0v) is 26.2. The predicted octanol–water partition coefficient (Wildman–Crippen LogP) is 5.16. The van der Waals surface area contributed by atoms with E-state index in [0.29, 0.717) is 27.2 Å². The SMILES string of the molecule is [C-]#[N+]C[C@H]1CN(c2nc(OC[C@@H]3C[C@@H](OC)CN3C)nc3c(F)c(-c4cccc5cccc(Cl)c45)ncc23)CCN1C(=O)C(=C)F. The number of rotatable bonds is 8. The average molecular weight is 648 g/mol. The number of halogens is 3. The van der Waals surface area contributed by atoms with Gasteiger partial charge in [0.05, 0.1) is 11.5 Å². The first-order valence-corrected chi connectivity index (χ1v) is 15.2.